The molecule has 0 spiro atoms. The van der Waals surface area contributed by atoms with Gasteiger partial charge in [0.1, 0.15) is 0 Å². The molecule has 4 aromatic rings. The van der Waals surface area contributed by atoms with E-state index in [4.69, 9.17) is 0 Å². The van der Waals surface area contributed by atoms with Gasteiger partial charge in [0, 0.05) is 24.0 Å². The second-order valence-electron chi connectivity index (χ2n) is 6.17. The molecule has 3 nitrogen and oxygen atoms in total. The minimum atomic E-state index is -4.33. The van der Waals surface area contributed by atoms with Crippen molar-refractivity contribution in [3.63, 3.8) is 0 Å². The fraction of sp³-hybridized carbons (Fsp3) is 0.150. The van der Waals surface area contributed by atoms with Gasteiger partial charge in [0.15, 0.2) is 0 Å². The summed E-state index contributed by atoms with van der Waals surface area (Å²) in [6.45, 7) is 2.52. The van der Waals surface area contributed by atoms with Gasteiger partial charge in [-0.15, -0.1) is 0 Å². The highest BCUT2D eigenvalue weighted by atomic mass is 19.4. The molecule has 0 atom stereocenters. The number of alkyl halides is 3. The van der Waals surface area contributed by atoms with Crippen LogP contribution in [0.1, 0.15) is 16.8 Å². The van der Waals surface area contributed by atoms with Crippen molar-refractivity contribution in [3.8, 4) is 11.3 Å². The van der Waals surface area contributed by atoms with Gasteiger partial charge in [0.05, 0.1) is 22.9 Å². The summed E-state index contributed by atoms with van der Waals surface area (Å²) < 4.78 is 40.4. The van der Waals surface area contributed by atoms with E-state index in [0.717, 1.165) is 45.7 Å². The van der Waals surface area contributed by atoms with Crippen molar-refractivity contribution >= 4 is 11.0 Å². The van der Waals surface area contributed by atoms with Crippen LogP contribution in [0.4, 0.5) is 13.2 Å². The molecule has 0 unspecified atom stereocenters. The van der Waals surface area contributed by atoms with Gasteiger partial charge in [-0.3, -0.25) is 0 Å². The number of aromatic nitrogens is 3. The predicted octanol–water partition coefficient (Wildman–Crippen LogP) is 5.21. The molecular weight excluding hydrogens is 339 g/mol. The van der Waals surface area contributed by atoms with E-state index < -0.39 is 11.7 Å². The van der Waals surface area contributed by atoms with Crippen LogP contribution in [-0.2, 0) is 12.7 Å². The van der Waals surface area contributed by atoms with Crippen molar-refractivity contribution in [2.75, 3.05) is 0 Å². The van der Waals surface area contributed by atoms with Crippen LogP contribution in [0.2, 0.25) is 0 Å². The first-order valence-electron chi connectivity index (χ1n) is 8.09. The average Bonchev–Trinajstić information content (AvgIpc) is 3.21. The number of benzene rings is 2. The molecule has 0 aliphatic heterocycles. The zero-order valence-corrected chi connectivity index (χ0v) is 13.9. The molecule has 6 heteroatoms. The lowest BCUT2D eigenvalue weighted by Crippen LogP contribution is -2.05. The van der Waals surface area contributed by atoms with Crippen LogP contribution in [0.15, 0.2) is 54.9 Å². The quantitative estimate of drug-likeness (QED) is 0.538. The maximum atomic E-state index is 12.8. The number of nitrogens with one attached hydrogen (secondary N) is 1. The number of hydrogen-bond donors (Lipinski definition) is 1. The second-order valence-corrected chi connectivity index (χ2v) is 6.17. The molecule has 0 bridgehead atoms. The molecule has 0 fully saturated rings. The number of aromatic amines is 1. The van der Waals surface area contributed by atoms with E-state index in [1.807, 2.05) is 35.8 Å². The minimum Gasteiger partial charge on any atom is -0.345 e. The van der Waals surface area contributed by atoms with Crippen LogP contribution in [0.25, 0.3) is 22.3 Å². The number of H-pyrrole nitrogens is 1. The standard InChI is InChI=1S/C20H15F3N3/c1-13-2-9-19(15-4-6-16(7-5-15)20(21,22)23)26(13)11-14-3-8-17-18(10-14)25-12-24-17/h3-10,12H,11H2,1H3,(H,24,25). The number of nitrogens with zero attached hydrogens (tertiary/aromatic N) is 2. The van der Waals surface area contributed by atoms with Crippen molar-refractivity contribution in [2.45, 2.75) is 19.6 Å². The number of hydrogen-bond acceptors (Lipinski definition) is 1. The van der Waals surface area contributed by atoms with Crippen LogP contribution in [-0.4, -0.2) is 14.5 Å². The Kier molecular flexibility index (Phi) is 3.83. The molecule has 0 aliphatic rings. The lowest BCUT2D eigenvalue weighted by molar-refractivity contribution is -0.137. The normalized spacial score (nSPS) is 12.0. The number of rotatable bonds is 3. The molecule has 2 aromatic heterocycles. The molecule has 4 rings (SSSR count). The summed E-state index contributed by atoms with van der Waals surface area (Å²) in [5.74, 6) is 0. The maximum Gasteiger partial charge on any atom is 0.416 e. The van der Waals surface area contributed by atoms with Crippen LogP contribution in [0, 0.1) is 13.0 Å². The Labute approximate surface area is 148 Å². The Bertz CT molecular complexity index is 1060. The minimum absolute atomic E-state index is 0.592. The van der Waals surface area contributed by atoms with E-state index in [9.17, 15) is 13.2 Å². The van der Waals surface area contributed by atoms with Gasteiger partial charge in [-0.05, 0) is 48.4 Å². The first-order chi connectivity index (χ1) is 12.4. The predicted molar refractivity (Wildman–Crippen MR) is 93.6 cm³/mol. The summed E-state index contributed by atoms with van der Waals surface area (Å²) >= 11 is 0. The molecule has 26 heavy (non-hydrogen) atoms. The van der Waals surface area contributed by atoms with Gasteiger partial charge in [-0.1, -0.05) is 18.2 Å². The SMILES string of the molecule is Cc1[c]cc(-c2ccc(C(F)(F)F)cc2)n1Cc1ccc2[nH]cnc2c1. The van der Waals surface area contributed by atoms with Crippen molar-refractivity contribution < 1.29 is 13.2 Å². The molecular formula is C20H15F3N3. The fourth-order valence-corrected chi connectivity index (χ4v) is 3.04. The third kappa shape index (κ3) is 2.98. The monoisotopic (exact) mass is 354 g/mol. The molecule has 1 N–H and O–H groups in total. The molecule has 131 valence electrons. The van der Waals surface area contributed by atoms with Crippen molar-refractivity contribution in [1.29, 1.82) is 0 Å². The van der Waals surface area contributed by atoms with E-state index in [1.165, 1.54) is 12.1 Å². The maximum absolute atomic E-state index is 12.8. The van der Waals surface area contributed by atoms with Crippen LogP contribution in [0.3, 0.4) is 0 Å². The van der Waals surface area contributed by atoms with Crippen molar-refractivity contribution in [3.05, 3.63) is 77.7 Å². The Balaban J connectivity index is 1.69. The summed E-state index contributed by atoms with van der Waals surface area (Å²) in [7, 11) is 0. The average molecular weight is 354 g/mol. The Morgan fingerprint density at radius 3 is 2.62 bits per heavy atom. The summed E-state index contributed by atoms with van der Waals surface area (Å²) in [5.41, 5.74) is 4.73. The molecule has 1 radical (unpaired) electrons. The second kappa shape index (κ2) is 6.05. The van der Waals surface area contributed by atoms with Gasteiger partial charge >= 0.3 is 6.18 Å². The van der Waals surface area contributed by atoms with E-state index in [-0.39, 0.29) is 0 Å². The smallest absolute Gasteiger partial charge is 0.345 e. The highest BCUT2D eigenvalue weighted by molar-refractivity contribution is 5.75. The van der Waals surface area contributed by atoms with Crippen molar-refractivity contribution in [1.82, 2.24) is 14.5 Å². The Hall–Kier alpha value is -3.02. The van der Waals surface area contributed by atoms with E-state index in [1.54, 1.807) is 6.33 Å². The third-order valence-electron chi connectivity index (χ3n) is 4.45. The topological polar surface area (TPSA) is 33.6 Å². The number of imidazole rings is 1. The van der Waals surface area contributed by atoms with E-state index in [2.05, 4.69) is 16.0 Å². The van der Waals surface area contributed by atoms with Gasteiger partial charge in [-0.25, -0.2) is 4.98 Å². The lowest BCUT2D eigenvalue weighted by atomic mass is 10.1. The first kappa shape index (κ1) is 16.4. The summed E-state index contributed by atoms with van der Waals surface area (Å²) in [5, 5.41) is 0. The van der Waals surface area contributed by atoms with Gasteiger partial charge in [0.2, 0.25) is 0 Å². The van der Waals surface area contributed by atoms with Gasteiger partial charge in [-0.2, -0.15) is 13.2 Å². The highest BCUT2D eigenvalue weighted by Crippen LogP contribution is 2.31. The number of halogens is 3. The molecule has 0 saturated heterocycles. The summed E-state index contributed by atoms with van der Waals surface area (Å²) in [6.07, 6.45) is -2.68. The number of fused-ring (bicyclic) bond motifs is 1. The fourth-order valence-electron chi connectivity index (χ4n) is 3.04. The van der Waals surface area contributed by atoms with Gasteiger partial charge in [0.25, 0.3) is 0 Å². The Morgan fingerprint density at radius 1 is 1.12 bits per heavy atom. The summed E-state index contributed by atoms with van der Waals surface area (Å²) in [6, 6.07) is 16.2. The van der Waals surface area contributed by atoms with Crippen LogP contribution >= 0.6 is 0 Å². The molecule has 2 aromatic carbocycles. The largest absolute Gasteiger partial charge is 0.416 e. The highest BCUT2D eigenvalue weighted by Gasteiger charge is 2.30. The van der Waals surface area contributed by atoms with E-state index in [0.29, 0.717) is 6.54 Å². The van der Waals surface area contributed by atoms with E-state index >= 15 is 0 Å². The zero-order chi connectivity index (χ0) is 18.3. The van der Waals surface area contributed by atoms with Crippen molar-refractivity contribution in [2.24, 2.45) is 0 Å². The third-order valence-corrected chi connectivity index (χ3v) is 4.45. The zero-order valence-electron chi connectivity index (χ0n) is 13.9. The Morgan fingerprint density at radius 2 is 1.88 bits per heavy atom. The summed E-state index contributed by atoms with van der Waals surface area (Å²) in [4.78, 5) is 7.32. The molecule has 2 heterocycles. The van der Waals surface area contributed by atoms with Crippen LogP contribution in [0.5, 0.6) is 0 Å². The first-order valence-corrected chi connectivity index (χ1v) is 8.09. The molecule has 0 aliphatic carbocycles. The molecule has 0 amide bonds. The van der Waals surface area contributed by atoms with Gasteiger partial charge < -0.3 is 9.55 Å². The number of aryl methyl sites for hydroxylation is 1. The van der Waals surface area contributed by atoms with Crippen LogP contribution < -0.4 is 0 Å². The lowest BCUT2D eigenvalue weighted by Gasteiger charge is -2.13. The molecule has 0 saturated carbocycles.